The number of likely N-dealkylation sites (N-methyl/N-ethyl adjacent to an activating group) is 1. The van der Waals surface area contributed by atoms with Crippen LogP contribution in [0.25, 0.3) is 0 Å². The molecule has 1 aromatic heterocycles. The van der Waals surface area contributed by atoms with Crippen LogP contribution in [0.1, 0.15) is 17.3 Å². The first-order chi connectivity index (χ1) is 10.1. The van der Waals surface area contributed by atoms with Crippen molar-refractivity contribution in [3.8, 4) is 11.5 Å². The molecule has 0 bridgehead atoms. The molecule has 0 spiro atoms. The van der Waals surface area contributed by atoms with Gasteiger partial charge in [-0.05, 0) is 24.1 Å². The van der Waals surface area contributed by atoms with Crippen LogP contribution in [0.2, 0.25) is 0 Å². The number of hydrogen-bond acceptors (Lipinski definition) is 5. The molecule has 0 fully saturated rings. The van der Waals surface area contributed by atoms with E-state index in [2.05, 4.69) is 15.4 Å². The van der Waals surface area contributed by atoms with Gasteiger partial charge in [0.05, 0.1) is 12.2 Å². The third-order valence-corrected chi connectivity index (χ3v) is 3.41. The van der Waals surface area contributed by atoms with Gasteiger partial charge in [-0.3, -0.25) is 0 Å². The number of carbonyl (C=O) groups is 1. The Morgan fingerprint density at radius 1 is 1.48 bits per heavy atom. The predicted octanol–water partition coefficient (Wildman–Crippen LogP) is 1.43. The van der Waals surface area contributed by atoms with E-state index in [-0.39, 0.29) is 6.79 Å². The average Bonchev–Trinajstić information content (AvgIpc) is 3.14. The lowest BCUT2D eigenvalue weighted by Crippen LogP contribution is -2.31. The number of benzene rings is 1. The zero-order valence-electron chi connectivity index (χ0n) is 11.3. The van der Waals surface area contributed by atoms with Gasteiger partial charge in [-0.1, -0.05) is 6.07 Å². The second kappa shape index (κ2) is 5.31. The van der Waals surface area contributed by atoms with Crippen LogP contribution < -0.4 is 9.47 Å². The standard InChI is InChI=1S/C13H14N4O4/c1-17(13(18)19)10(9-6-14-16-15-9)4-8-2-3-11-12(5-8)21-7-20-11/h2-3,5-6,10H,4,7H2,1H3,(H,18,19)(H,14,15,16). The molecule has 2 heterocycles. The maximum atomic E-state index is 11.2. The molecule has 0 aliphatic carbocycles. The van der Waals surface area contributed by atoms with E-state index in [1.165, 1.54) is 18.1 Å². The lowest BCUT2D eigenvalue weighted by atomic mass is 10.0. The molecule has 1 aliphatic rings. The van der Waals surface area contributed by atoms with E-state index < -0.39 is 12.1 Å². The van der Waals surface area contributed by atoms with Crippen molar-refractivity contribution in [1.82, 2.24) is 20.3 Å². The first kappa shape index (κ1) is 13.2. The monoisotopic (exact) mass is 290 g/mol. The fourth-order valence-corrected chi connectivity index (χ4v) is 2.24. The Balaban J connectivity index is 1.86. The summed E-state index contributed by atoms with van der Waals surface area (Å²) in [5, 5.41) is 19.4. The molecule has 8 heteroatoms. The van der Waals surface area contributed by atoms with Crippen LogP contribution in [-0.4, -0.2) is 45.4 Å². The summed E-state index contributed by atoms with van der Waals surface area (Å²) in [6.07, 6.45) is 0.965. The van der Waals surface area contributed by atoms with Crippen LogP contribution in [0.5, 0.6) is 11.5 Å². The Hall–Kier alpha value is -2.77. The Bertz CT molecular complexity index is 644. The van der Waals surface area contributed by atoms with E-state index in [1.54, 1.807) is 0 Å². The lowest BCUT2D eigenvalue weighted by Gasteiger charge is -2.23. The maximum absolute atomic E-state index is 11.2. The number of amides is 1. The fourth-order valence-electron chi connectivity index (χ4n) is 2.24. The molecule has 0 saturated heterocycles. The van der Waals surface area contributed by atoms with Crippen molar-refractivity contribution in [3.05, 3.63) is 35.7 Å². The highest BCUT2D eigenvalue weighted by Crippen LogP contribution is 2.34. The molecule has 2 N–H and O–H groups in total. The summed E-state index contributed by atoms with van der Waals surface area (Å²) in [7, 11) is 1.51. The van der Waals surface area contributed by atoms with Gasteiger partial charge in [-0.25, -0.2) is 4.79 Å². The minimum absolute atomic E-state index is 0.209. The molecule has 1 amide bonds. The van der Waals surface area contributed by atoms with Crippen molar-refractivity contribution in [2.45, 2.75) is 12.5 Å². The van der Waals surface area contributed by atoms with E-state index >= 15 is 0 Å². The molecule has 1 atom stereocenters. The molecule has 2 aromatic rings. The zero-order valence-corrected chi connectivity index (χ0v) is 11.3. The third-order valence-electron chi connectivity index (χ3n) is 3.41. The Kier molecular flexibility index (Phi) is 3.35. The quantitative estimate of drug-likeness (QED) is 0.883. The van der Waals surface area contributed by atoms with E-state index in [9.17, 15) is 9.90 Å². The number of ether oxygens (including phenoxy) is 2. The van der Waals surface area contributed by atoms with Crippen LogP contribution in [0, 0.1) is 0 Å². The highest BCUT2D eigenvalue weighted by Gasteiger charge is 2.25. The van der Waals surface area contributed by atoms with E-state index in [0.717, 1.165) is 5.56 Å². The minimum atomic E-state index is -1.02. The summed E-state index contributed by atoms with van der Waals surface area (Å²) in [4.78, 5) is 12.4. The normalized spacial score (nSPS) is 14.0. The van der Waals surface area contributed by atoms with Crippen molar-refractivity contribution >= 4 is 6.09 Å². The van der Waals surface area contributed by atoms with E-state index in [0.29, 0.717) is 23.6 Å². The number of fused-ring (bicyclic) bond motifs is 1. The molecule has 1 unspecified atom stereocenters. The van der Waals surface area contributed by atoms with Crippen molar-refractivity contribution < 1.29 is 19.4 Å². The number of nitrogens with one attached hydrogen (secondary N) is 1. The Labute approximate surface area is 120 Å². The summed E-state index contributed by atoms with van der Waals surface area (Å²) >= 11 is 0. The van der Waals surface area contributed by atoms with Crippen molar-refractivity contribution in [2.75, 3.05) is 13.8 Å². The second-order valence-electron chi connectivity index (χ2n) is 4.70. The Morgan fingerprint density at radius 2 is 2.29 bits per heavy atom. The smallest absolute Gasteiger partial charge is 0.407 e. The first-order valence-corrected chi connectivity index (χ1v) is 6.35. The summed E-state index contributed by atoms with van der Waals surface area (Å²) in [5.41, 5.74) is 1.50. The van der Waals surface area contributed by atoms with Crippen molar-refractivity contribution in [2.24, 2.45) is 0 Å². The second-order valence-corrected chi connectivity index (χ2v) is 4.70. The number of H-pyrrole nitrogens is 1. The minimum Gasteiger partial charge on any atom is -0.465 e. The summed E-state index contributed by atoms with van der Waals surface area (Å²) in [6.45, 7) is 0.209. The molecule has 1 aliphatic heterocycles. The van der Waals surface area contributed by atoms with Crippen LogP contribution >= 0.6 is 0 Å². The number of hydrogen-bond donors (Lipinski definition) is 2. The van der Waals surface area contributed by atoms with Gasteiger partial charge < -0.3 is 19.5 Å². The number of aromatic amines is 1. The molecule has 1 aromatic carbocycles. The van der Waals surface area contributed by atoms with Crippen molar-refractivity contribution in [1.29, 1.82) is 0 Å². The zero-order chi connectivity index (χ0) is 14.8. The largest absolute Gasteiger partial charge is 0.465 e. The molecule has 8 nitrogen and oxygen atoms in total. The van der Waals surface area contributed by atoms with Crippen LogP contribution in [0.3, 0.4) is 0 Å². The van der Waals surface area contributed by atoms with Gasteiger partial charge in [-0.15, -0.1) is 0 Å². The van der Waals surface area contributed by atoms with Crippen LogP contribution in [0.15, 0.2) is 24.4 Å². The molecule has 21 heavy (non-hydrogen) atoms. The van der Waals surface area contributed by atoms with Gasteiger partial charge >= 0.3 is 6.09 Å². The van der Waals surface area contributed by atoms with Gasteiger partial charge in [0.25, 0.3) is 0 Å². The highest BCUT2D eigenvalue weighted by atomic mass is 16.7. The fraction of sp³-hybridized carbons (Fsp3) is 0.308. The molecule has 110 valence electrons. The number of rotatable bonds is 4. The van der Waals surface area contributed by atoms with E-state index in [1.807, 2.05) is 18.2 Å². The number of aromatic nitrogens is 3. The summed E-state index contributed by atoms with van der Waals surface area (Å²) < 4.78 is 10.6. The first-order valence-electron chi connectivity index (χ1n) is 6.35. The van der Waals surface area contributed by atoms with Gasteiger partial charge in [-0.2, -0.15) is 15.4 Å². The Morgan fingerprint density at radius 3 is 3.00 bits per heavy atom. The van der Waals surface area contributed by atoms with Gasteiger partial charge in [0.1, 0.15) is 5.69 Å². The summed E-state index contributed by atoms with van der Waals surface area (Å²) in [5.74, 6) is 1.37. The predicted molar refractivity (Wildman–Crippen MR) is 71.2 cm³/mol. The maximum Gasteiger partial charge on any atom is 0.407 e. The molecular formula is C13H14N4O4. The van der Waals surface area contributed by atoms with Gasteiger partial charge in [0.2, 0.25) is 6.79 Å². The van der Waals surface area contributed by atoms with Gasteiger partial charge in [0.15, 0.2) is 11.5 Å². The van der Waals surface area contributed by atoms with Crippen molar-refractivity contribution in [3.63, 3.8) is 0 Å². The molecule has 0 radical (unpaired) electrons. The SMILES string of the molecule is CN(C(=O)O)C(Cc1ccc2c(c1)OCO2)c1cn[nH]n1. The van der Waals surface area contributed by atoms with Crippen LogP contribution in [-0.2, 0) is 6.42 Å². The number of nitrogens with zero attached hydrogens (tertiary/aromatic N) is 3. The van der Waals surface area contributed by atoms with E-state index in [4.69, 9.17) is 9.47 Å². The molecule has 0 saturated carbocycles. The average molecular weight is 290 g/mol. The molecular weight excluding hydrogens is 276 g/mol. The molecule has 3 rings (SSSR count). The van der Waals surface area contributed by atoms with Gasteiger partial charge in [0, 0.05) is 7.05 Å². The highest BCUT2D eigenvalue weighted by molar-refractivity contribution is 5.65. The number of carboxylic acid groups (broad SMARTS) is 1. The third kappa shape index (κ3) is 2.60. The van der Waals surface area contributed by atoms with Crippen LogP contribution in [0.4, 0.5) is 4.79 Å². The lowest BCUT2D eigenvalue weighted by molar-refractivity contribution is 0.137. The topological polar surface area (TPSA) is 101 Å². The summed E-state index contributed by atoms with van der Waals surface area (Å²) in [6, 6.07) is 5.13.